The van der Waals surface area contributed by atoms with Gasteiger partial charge in [-0.25, -0.2) is 13.8 Å². The third-order valence-electron chi connectivity index (χ3n) is 1.56. The molecule has 0 aliphatic heterocycles. The van der Waals surface area contributed by atoms with E-state index in [0.29, 0.717) is 0 Å². The van der Waals surface area contributed by atoms with Gasteiger partial charge in [0.2, 0.25) is 0 Å². The van der Waals surface area contributed by atoms with Crippen LogP contribution >= 0.6 is 11.6 Å². The molecular formula is C7H6ClF2N3O. The highest BCUT2D eigenvalue weighted by molar-refractivity contribution is 6.31. The molecule has 4 N–H and O–H groups in total. The Morgan fingerprint density at radius 2 is 2.14 bits per heavy atom. The lowest BCUT2D eigenvalue weighted by Crippen LogP contribution is -2.17. The highest BCUT2D eigenvalue weighted by atomic mass is 35.5. The number of nitrogen functional groups attached to an aromatic ring is 1. The normalized spacial score (nSPS) is 10.6. The van der Waals surface area contributed by atoms with E-state index in [1.165, 1.54) is 0 Å². The monoisotopic (exact) mass is 221 g/mol. The zero-order valence-corrected chi connectivity index (χ0v) is 7.55. The fourth-order valence-corrected chi connectivity index (χ4v) is 1.17. The summed E-state index contributed by atoms with van der Waals surface area (Å²) in [6.45, 7) is 0. The van der Waals surface area contributed by atoms with Crippen LogP contribution in [0.5, 0.6) is 0 Å². The summed E-state index contributed by atoms with van der Waals surface area (Å²) in [5.74, 6) is -0.971. The average molecular weight is 222 g/mol. The molecular weight excluding hydrogens is 216 g/mol. The van der Waals surface area contributed by atoms with Gasteiger partial charge in [0.15, 0.2) is 5.69 Å². The topological polar surface area (TPSA) is 82.0 Å². The highest BCUT2D eigenvalue weighted by Gasteiger charge is 2.21. The summed E-state index contributed by atoms with van der Waals surface area (Å²) in [7, 11) is 0. The van der Waals surface area contributed by atoms with E-state index in [-0.39, 0.29) is 5.02 Å². The number of hydrogen-bond donors (Lipinski definition) is 2. The van der Waals surface area contributed by atoms with Gasteiger partial charge in [-0.1, -0.05) is 11.6 Å². The average Bonchev–Trinajstić information content (AvgIpc) is 2.02. The third-order valence-corrected chi connectivity index (χ3v) is 1.86. The maximum Gasteiger partial charge on any atom is 0.269 e. The van der Waals surface area contributed by atoms with Crippen LogP contribution in [0.4, 0.5) is 14.5 Å². The van der Waals surface area contributed by atoms with E-state index in [4.69, 9.17) is 23.1 Å². The van der Waals surface area contributed by atoms with Gasteiger partial charge in [0.25, 0.3) is 12.3 Å². The number of carbonyl (C=O) groups is 1. The first-order valence-electron chi connectivity index (χ1n) is 3.47. The van der Waals surface area contributed by atoms with E-state index in [0.717, 1.165) is 6.20 Å². The molecule has 0 saturated heterocycles. The summed E-state index contributed by atoms with van der Waals surface area (Å²) >= 11 is 5.43. The maximum atomic E-state index is 12.4. The number of carbonyl (C=O) groups excluding carboxylic acids is 1. The van der Waals surface area contributed by atoms with E-state index >= 15 is 0 Å². The number of anilines is 1. The number of halogens is 3. The Morgan fingerprint density at radius 3 is 2.57 bits per heavy atom. The zero-order valence-electron chi connectivity index (χ0n) is 6.80. The Morgan fingerprint density at radius 1 is 1.57 bits per heavy atom. The molecule has 1 aromatic rings. The highest BCUT2D eigenvalue weighted by Crippen LogP contribution is 2.32. The molecule has 1 amide bonds. The summed E-state index contributed by atoms with van der Waals surface area (Å²) in [5.41, 5.74) is 8.64. The quantitative estimate of drug-likeness (QED) is 0.791. The first-order chi connectivity index (χ1) is 6.45. The number of hydrogen-bond acceptors (Lipinski definition) is 3. The fourth-order valence-electron chi connectivity index (χ4n) is 0.935. The third kappa shape index (κ3) is 1.74. The molecule has 0 atom stereocenters. The standard InChI is InChI=1S/C7H6ClF2N3O/c8-2-1-13-5(7(12)14)4(11)3(2)6(9)10/h1,6H,11H2,(H2,12,14). The number of primary amides is 1. The Labute approximate surface area is 82.9 Å². The summed E-state index contributed by atoms with van der Waals surface area (Å²) in [6.07, 6.45) is -1.96. The largest absolute Gasteiger partial charge is 0.396 e. The first-order valence-corrected chi connectivity index (χ1v) is 3.84. The van der Waals surface area contributed by atoms with Crippen LogP contribution in [0.3, 0.4) is 0 Å². The molecule has 0 aliphatic carbocycles. The van der Waals surface area contributed by atoms with Gasteiger partial charge in [0.1, 0.15) is 0 Å². The van der Waals surface area contributed by atoms with Crippen LogP contribution < -0.4 is 11.5 Å². The number of alkyl halides is 2. The van der Waals surface area contributed by atoms with Gasteiger partial charge in [-0.15, -0.1) is 0 Å². The van der Waals surface area contributed by atoms with Crippen LogP contribution in [-0.4, -0.2) is 10.9 Å². The minimum absolute atomic E-state index is 0.289. The van der Waals surface area contributed by atoms with Crippen molar-refractivity contribution in [1.29, 1.82) is 0 Å². The molecule has 0 fully saturated rings. The summed E-state index contributed by atoms with van der Waals surface area (Å²) in [4.78, 5) is 14.2. The lowest BCUT2D eigenvalue weighted by atomic mass is 10.2. The number of aromatic nitrogens is 1. The molecule has 0 aliphatic rings. The first kappa shape index (κ1) is 10.6. The van der Waals surface area contributed by atoms with Crippen molar-refractivity contribution in [3.63, 3.8) is 0 Å². The van der Waals surface area contributed by atoms with Crippen molar-refractivity contribution in [2.75, 3.05) is 5.73 Å². The van der Waals surface area contributed by atoms with Gasteiger partial charge in [0, 0.05) is 6.20 Å². The Hall–Kier alpha value is -1.43. The van der Waals surface area contributed by atoms with Crippen LogP contribution in [0.1, 0.15) is 22.5 Å². The van der Waals surface area contributed by atoms with Crippen molar-refractivity contribution in [3.8, 4) is 0 Å². The molecule has 0 spiro atoms. The van der Waals surface area contributed by atoms with E-state index in [1.54, 1.807) is 0 Å². The summed E-state index contributed by atoms with van der Waals surface area (Å²) in [5, 5.41) is -0.289. The van der Waals surface area contributed by atoms with Crippen molar-refractivity contribution in [2.45, 2.75) is 6.43 Å². The van der Waals surface area contributed by atoms with Crippen molar-refractivity contribution in [3.05, 3.63) is 22.5 Å². The van der Waals surface area contributed by atoms with Crippen LogP contribution in [0.15, 0.2) is 6.20 Å². The Balaban J connectivity index is 3.41. The second-order valence-electron chi connectivity index (χ2n) is 2.45. The van der Waals surface area contributed by atoms with Gasteiger partial charge in [-0.2, -0.15) is 0 Å². The van der Waals surface area contributed by atoms with Crippen LogP contribution in [0.25, 0.3) is 0 Å². The van der Waals surface area contributed by atoms with Gasteiger partial charge < -0.3 is 11.5 Å². The van der Waals surface area contributed by atoms with Gasteiger partial charge >= 0.3 is 0 Å². The molecule has 0 unspecified atom stereocenters. The minimum Gasteiger partial charge on any atom is -0.396 e. The molecule has 76 valence electrons. The van der Waals surface area contributed by atoms with E-state index in [2.05, 4.69) is 4.98 Å². The summed E-state index contributed by atoms with van der Waals surface area (Å²) < 4.78 is 24.8. The van der Waals surface area contributed by atoms with E-state index in [9.17, 15) is 13.6 Å². The molecule has 0 radical (unpaired) electrons. The maximum absolute atomic E-state index is 12.4. The van der Waals surface area contributed by atoms with Crippen LogP contribution in [0, 0.1) is 0 Å². The predicted molar refractivity (Wildman–Crippen MR) is 47.1 cm³/mol. The molecule has 0 bridgehead atoms. The van der Waals surface area contributed by atoms with Crippen molar-refractivity contribution < 1.29 is 13.6 Å². The number of pyridine rings is 1. The number of nitrogens with zero attached hydrogens (tertiary/aromatic N) is 1. The van der Waals surface area contributed by atoms with Crippen LogP contribution in [0.2, 0.25) is 5.02 Å². The molecule has 4 nitrogen and oxygen atoms in total. The number of rotatable bonds is 2. The van der Waals surface area contributed by atoms with Crippen molar-refractivity contribution >= 4 is 23.2 Å². The molecule has 14 heavy (non-hydrogen) atoms. The van der Waals surface area contributed by atoms with Gasteiger partial charge in [0.05, 0.1) is 16.3 Å². The second kappa shape index (κ2) is 3.75. The number of amides is 1. The van der Waals surface area contributed by atoms with Gasteiger partial charge in [-0.3, -0.25) is 4.79 Å². The Kier molecular flexibility index (Phi) is 2.85. The second-order valence-corrected chi connectivity index (χ2v) is 2.85. The lowest BCUT2D eigenvalue weighted by molar-refractivity contribution is 0.0996. The molecule has 0 saturated carbocycles. The lowest BCUT2D eigenvalue weighted by Gasteiger charge is -2.08. The van der Waals surface area contributed by atoms with Gasteiger partial charge in [-0.05, 0) is 0 Å². The SMILES string of the molecule is NC(=O)c1ncc(Cl)c(C(F)F)c1N. The number of nitrogens with two attached hydrogens (primary N) is 2. The molecule has 0 aromatic carbocycles. The predicted octanol–water partition coefficient (Wildman–Crippen LogP) is 1.35. The van der Waals surface area contributed by atoms with Crippen molar-refractivity contribution in [1.82, 2.24) is 4.98 Å². The molecule has 1 aromatic heterocycles. The van der Waals surface area contributed by atoms with Crippen molar-refractivity contribution in [2.24, 2.45) is 5.73 Å². The van der Waals surface area contributed by atoms with E-state index < -0.39 is 29.3 Å². The smallest absolute Gasteiger partial charge is 0.269 e. The Bertz CT molecular complexity index is 383. The zero-order chi connectivity index (χ0) is 10.9. The molecule has 7 heteroatoms. The molecule has 1 heterocycles. The van der Waals surface area contributed by atoms with Crippen LogP contribution in [-0.2, 0) is 0 Å². The van der Waals surface area contributed by atoms with E-state index in [1.807, 2.05) is 0 Å². The summed E-state index contributed by atoms with van der Waals surface area (Å²) in [6, 6.07) is 0. The molecule has 1 rings (SSSR count). The minimum atomic E-state index is -2.87. The fraction of sp³-hybridized carbons (Fsp3) is 0.143.